The van der Waals surface area contributed by atoms with E-state index in [4.69, 9.17) is 4.98 Å². The first-order valence-electron chi connectivity index (χ1n) is 14.5. The Bertz CT molecular complexity index is 1670. The Morgan fingerprint density at radius 3 is 2.64 bits per heavy atom. The van der Waals surface area contributed by atoms with Gasteiger partial charge < -0.3 is 25.2 Å². The number of pyridine rings is 2. The number of aromatic nitrogens is 4. The topological polar surface area (TPSA) is 108 Å². The van der Waals surface area contributed by atoms with E-state index >= 15 is 0 Å². The highest BCUT2D eigenvalue weighted by Crippen LogP contribution is 2.47. The number of benzene rings is 1. The number of amides is 1. The number of fused-ring (bicyclic) bond motifs is 2. The van der Waals surface area contributed by atoms with Gasteiger partial charge in [0.05, 0.1) is 40.4 Å². The number of hydrogen-bond donors (Lipinski definition) is 3. The number of hydrogen-bond acceptors (Lipinski definition) is 7. The zero-order valence-corrected chi connectivity index (χ0v) is 24.9. The Hall–Kier alpha value is -3.89. The van der Waals surface area contributed by atoms with E-state index in [1.54, 1.807) is 26.2 Å². The van der Waals surface area contributed by atoms with Gasteiger partial charge in [-0.15, -0.1) is 0 Å². The predicted molar refractivity (Wildman–Crippen MR) is 162 cm³/mol. The molecule has 0 atom stereocenters. The number of nitrogens with one attached hydrogen (secondary N) is 2. The molecule has 1 amide bonds. The molecule has 3 aromatic heterocycles. The van der Waals surface area contributed by atoms with Crippen LogP contribution in [0.1, 0.15) is 66.0 Å². The van der Waals surface area contributed by atoms with Crippen LogP contribution >= 0.6 is 0 Å². The first-order valence-corrected chi connectivity index (χ1v) is 14.5. The van der Waals surface area contributed by atoms with E-state index in [-0.39, 0.29) is 29.7 Å². The van der Waals surface area contributed by atoms with Crippen molar-refractivity contribution in [2.24, 2.45) is 0 Å². The molecule has 220 valence electrons. The zero-order chi connectivity index (χ0) is 30.0. The number of nitrogens with zero attached hydrogens (tertiary/aromatic N) is 5. The fraction of sp³-hybridized carbons (Fsp3) is 0.438. The summed E-state index contributed by atoms with van der Waals surface area (Å²) in [5, 5.41) is 16.7. The van der Waals surface area contributed by atoms with Crippen molar-refractivity contribution in [1.29, 1.82) is 0 Å². The average Bonchev–Trinajstić information content (AvgIpc) is 3.42. The second kappa shape index (κ2) is 10.1. The van der Waals surface area contributed by atoms with Crippen LogP contribution in [0.15, 0.2) is 49.1 Å². The van der Waals surface area contributed by atoms with E-state index in [9.17, 15) is 14.3 Å². The van der Waals surface area contributed by atoms with Gasteiger partial charge in [0.1, 0.15) is 5.52 Å². The Labute approximate surface area is 245 Å². The van der Waals surface area contributed by atoms with Crippen molar-refractivity contribution in [3.8, 4) is 11.3 Å². The molecule has 42 heavy (non-hydrogen) atoms. The first kappa shape index (κ1) is 28.2. The van der Waals surface area contributed by atoms with Gasteiger partial charge in [-0.3, -0.25) is 9.78 Å². The van der Waals surface area contributed by atoms with Crippen molar-refractivity contribution in [2.75, 3.05) is 16.8 Å². The van der Waals surface area contributed by atoms with Crippen molar-refractivity contribution >= 4 is 34.1 Å². The number of aliphatic hydroxyl groups is 1. The molecule has 1 saturated carbocycles. The van der Waals surface area contributed by atoms with Crippen LogP contribution in [-0.4, -0.2) is 54.8 Å². The Kier molecular flexibility index (Phi) is 6.81. The summed E-state index contributed by atoms with van der Waals surface area (Å²) < 4.78 is 16.6. The Morgan fingerprint density at radius 2 is 1.95 bits per heavy atom. The molecular weight excluding hydrogens is 533 g/mol. The lowest BCUT2D eigenvalue weighted by atomic mass is 9.84. The molecule has 2 aliphatic rings. The number of anilines is 3. The lowest BCUT2D eigenvalue weighted by Gasteiger charge is -2.43. The third-order valence-electron chi connectivity index (χ3n) is 8.42. The van der Waals surface area contributed by atoms with Crippen LogP contribution in [0, 0.1) is 5.82 Å². The largest absolute Gasteiger partial charge is 0.389 e. The van der Waals surface area contributed by atoms with Crippen molar-refractivity contribution < 1.29 is 14.3 Å². The molecule has 1 aromatic carbocycles. The molecule has 10 heteroatoms. The van der Waals surface area contributed by atoms with Crippen molar-refractivity contribution in [3.63, 3.8) is 0 Å². The molecule has 0 radical (unpaired) electrons. The number of carbonyl (C=O) groups is 1. The van der Waals surface area contributed by atoms with Gasteiger partial charge in [0.2, 0.25) is 5.91 Å². The summed E-state index contributed by atoms with van der Waals surface area (Å²) in [6.45, 7) is 12.2. The maximum atomic E-state index is 14.6. The molecule has 1 aliphatic carbocycles. The van der Waals surface area contributed by atoms with Crippen LogP contribution < -0.4 is 15.5 Å². The average molecular weight is 572 g/mol. The molecule has 0 unspecified atom stereocenters. The molecular formula is C32H38FN7O2. The first-order chi connectivity index (χ1) is 19.8. The highest BCUT2D eigenvalue weighted by molar-refractivity contribution is 6.08. The maximum Gasteiger partial charge on any atom is 0.237 e. The highest BCUT2D eigenvalue weighted by atomic mass is 19.1. The molecule has 1 fully saturated rings. The van der Waals surface area contributed by atoms with Crippen molar-refractivity contribution in [3.05, 3.63) is 60.4 Å². The van der Waals surface area contributed by atoms with Gasteiger partial charge in [-0.25, -0.2) is 14.4 Å². The van der Waals surface area contributed by atoms with Gasteiger partial charge >= 0.3 is 0 Å². The minimum Gasteiger partial charge on any atom is -0.389 e. The number of halogens is 1. The molecule has 3 N–H and O–H groups in total. The van der Waals surface area contributed by atoms with Gasteiger partial charge in [-0.2, -0.15) is 0 Å². The summed E-state index contributed by atoms with van der Waals surface area (Å²) in [6, 6.07) is 10.0. The van der Waals surface area contributed by atoms with Crippen LogP contribution in [0.5, 0.6) is 0 Å². The SMILES string of the molecule is CC(C)n1cnc2cc(-c3ccc4c(c3)N([C@H]3C[C@@H](NCC(C)(C)O)C3)C(=O)C4(C)C)nc(Nc3ccncc3F)c21. The van der Waals surface area contributed by atoms with Gasteiger partial charge in [0.15, 0.2) is 11.6 Å². The second-order valence-electron chi connectivity index (χ2n) is 13.0. The van der Waals surface area contributed by atoms with E-state index in [0.717, 1.165) is 40.7 Å². The molecule has 1 aliphatic heterocycles. The molecule has 0 spiro atoms. The van der Waals surface area contributed by atoms with Crippen LogP contribution in [0.4, 0.5) is 21.6 Å². The zero-order valence-electron chi connectivity index (χ0n) is 24.9. The van der Waals surface area contributed by atoms with E-state index in [0.29, 0.717) is 18.1 Å². The molecule has 6 rings (SSSR count). The Balaban J connectivity index is 1.38. The minimum atomic E-state index is -0.784. The van der Waals surface area contributed by atoms with E-state index in [2.05, 4.69) is 34.4 Å². The van der Waals surface area contributed by atoms with Crippen molar-refractivity contribution in [2.45, 2.75) is 83.5 Å². The van der Waals surface area contributed by atoms with E-state index in [1.165, 1.54) is 12.4 Å². The molecule has 0 saturated heterocycles. The smallest absolute Gasteiger partial charge is 0.237 e. The van der Waals surface area contributed by atoms with Gasteiger partial charge in [0.25, 0.3) is 0 Å². The lowest BCUT2D eigenvalue weighted by molar-refractivity contribution is -0.123. The molecule has 9 nitrogen and oxygen atoms in total. The maximum absolute atomic E-state index is 14.6. The molecule has 4 heterocycles. The quantitative estimate of drug-likeness (QED) is 0.257. The fourth-order valence-electron chi connectivity index (χ4n) is 5.96. The molecule has 0 bridgehead atoms. The standard InChI is InChI=1S/C32H38FN7O2/c1-18(2)39-17-36-26-14-25(38-29(28(26)39)37-24-9-10-34-15-23(24)33)19-7-8-22-27(11-19)40(30(41)32(22,5)6)21-12-20(13-21)35-16-31(3,4)42/h7-11,14-15,17-18,20-21,35,42H,12-13,16H2,1-6H3,(H,34,37,38)/t20-,21+. The van der Waals surface area contributed by atoms with Crippen LogP contribution in [0.2, 0.25) is 0 Å². The summed E-state index contributed by atoms with van der Waals surface area (Å²) in [5.41, 5.74) is 3.78. The summed E-state index contributed by atoms with van der Waals surface area (Å²) in [7, 11) is 0. The summed E-state index contributed by atoms with van der Waals surface area (Å²) in [6.07, 6.45) is 6.13. The Morgan fingerprint density at radius 1 is 1.19 bits per heavy atom. The summed E-state index contributed by atoms with van der Waals surface area (Å²) in [4.78, 5) is 29.1. The van der Waals surface area contributed by atoms with Crippen LogP contribution in [0.3, 0.4) is 0 Å². The number of imidazole rings is 1. The predicted octanol–water partition coefficient (Wildman–Crippen LogP) is 5.47. The van der Waals surface area contributed by atoms with Crippen LogP contribution in [-0.2, 0) is 10.2 Å². The lowest BCUT2D eigenvalue weighted by Crippen LogP contribution is -2.56. The van der Waals surface area contributed by atoms with Gasteiger partial charge in [-0.05, 0) is 78.1 Å². The van der Waals surface area contributed by atoms with E-state index < -0.39 is 16.8 Å². The molecule has 4 aromatic rings. The third kappa shape index (κ3) is 4.92. The fourth-order valence-corrected chi connectivity index (χ4v) is 5.96. The second-order valence-corrected chi connectivity index (χ2v) is 13.0. The van der Waals surface area contributed by atoms with Gasteiger partial charge in [0, 0.05) is 42.1 Å². The summed E-state index contributed by atoms with van der Waals surface area (Å²) >= 11 is 0. The van der Waals surface area contributed by atoms with E-state index in [1.807, 2.05) is 47.6 Å². The monoisotopic (exact) mass is 571 g/mol. The summed E-state index contributed by atoms with van der Waals surface area (Å²) in [5.74, 6) is 0.112. The van der Waals surface area contributed by atoms with Crippen LogP contribution in [0.25, 0.3) is 22.3 Å². The minimum absolute atomic E-state index is 0.0802. The normalized spacial score (nSPS) is 19.8. The van der Waals surface area contributed by atoms with Crippen molar-refractivity contribution in [1.82, 2.24) is 24.8 Å². The highest BCUT2D eigenvalue weighted by Gasteiger charge is 2.49. The third-order valence-corrected chi connectivity index (χ3v) is 8.42. The van der Waals surface area contributed by atoms with Gasteiger partial charge in [-0.1, -0.05) is 12.1 Å². The number of carbonyl (C=O) groups excluding carboxylic acids is 1. The number of rotatable bonds is 8.